The summed E-state index contributed by atoms with van der Waals surface area (Å²) in [6, 6.07) is 1.14. The van der Waals surface area contributed by atoms with E-state index in [2.05, 4.69) is 33.2 Å². The third-order valence-electron chi connectivity index (χ3n) is 17.0. The maximum absolute atomic E-state index is 14.2. The summed E-state index contributed by atoms with van der Waals surface area (Å²) in [6.45, 7) is 7.02. The number of rotatable bonds is 38. The molecule has 1 aromatic carbocycles. The Kier molecular flexibility index (Phi) is 37.3. The van der Waals surface area contributed by atoms with Crippen molar-refractivity contribution in [1.29, 1.82) is 0 Å². The maximum Gasteiger partial charge on any atom is 0.320 e. The van der Waals surface area contributed by atoms with Crippen molar-refractivity contribution in [2.75, 3.05) is 151 Å². The van der Waals surface area contributed by atoms with Crippen LogP contribution >= 0.6 is 0 Å². The lowest BCUT2D eigenvalue weighted by Crippen LogP contribution is -2.53. The number of carbonyl (C=O) groups is 13. The van der Waals surface area contributed by atoms with Gasteiger partial charge in [-0.05, 0) is 36.3 Å². The smallest absolute Gasteiger partial charge is 0.320 e. The highest BCUT2D eigenvalue weighted by Crippen LogP contribution is 2.17. The van der Waals surface area contributed by atoms with Crippen LogP contribution in [0.15, 0.2) is 36.6 Å². The van der Waals surface area contributed by atoms with Gasteiger partial charge in [0.15, 0.2) is 0 Å². The zero-order valence-corrected chi connectivity index (χ0v) is 55.6. The quantitative estimate of drug-likeness (QED) is 0.0284. The first-order valence-corrected chi connectivity index (χ1v) is 32.3. The molecule has 2 heterocycles. The number of hydrogen-bond donors (Lipinski definition) is 14. The van der Waals surface area contributed by atoms with Crippen molar-refractivity contribution in [1.82, 2.24) is 65.8 Å². The predicted octanol–water partition coefficient (Wildman–Crippen LogP) is -3.64. The Bertz CT molecular complexity index is 2750. The lowest BCUT2D eigenvalue weighted by atomic mass is 9.92. The summed E-state index contributed by atoms with van der Waals surface area (Å²) >= 11 is 0. The van der Waals surface area contributed by atoms with Gasteiger partial charge in [0.25, 0.3) is 0 Å². The van der Waals surface area contributed by atoms with E-state index in [1.54, 1.807) is 45.9 Å². The Morgan fingerprint density at radius 2 is 0.763 bits per heavy atom. The topological polar surface area (TPSA) is 496 Å². The zero-order valence-electron chi connectivity index (χ0n) is 55.6. The molecule has 2 saturated heterocycles. The lowest BCUT2D eigenvalue weighted by molar-refractivity contribution is -0.145. The summed E-state index contributed by atoms with van der Waals surface area (Å²) in [5, 5.41) is 93.0. The normalized spacial score (nSPS) is 18.0. The fraction of sp³-hybridized carbons (Fsp3) is 0.661. The van der Waals surface area contributed by atoms with Crippen LogP contribution < -0.4 is 32.3 Å². The monoisotopic (exact) mass is 1380 g/mol. The Morgan fingerprint density at radius 1 is 0.433 bits per heavy atom. The first-order valence-electron chi connectivity index (χ1n) is 32.3. The van der Waals surface area contributed by atoms with Gasteiger partial charge in [0.2, 0.25) is 35.4 Å². The lowest BCUT2D eigenvalue weighted by Gasteiger charge is -2.35. The third-order valence-corrected chi connectivity index (χ3v) is 17.0. The third kappa shape index (κ3) is 33.9. The molecule has 0 saturated carbocycles. The molecule has 4 unspecified atom stereocenters. The summed E-state index contributed by atoms with van der Waals surface area (Å²) in [5.74, 6) is -13.2. The van der Waals surface area contributed by atoms with Crippen LogP contribution in [0.3, 0.4) is 0 Å². The van der Waals surface area contributed by atoms with Crippen molar-refractivity contribution >= 4 is 77.2 Å². The summed E-state index contributed by atoms with van der Waals surface area (Å²) in [4.78, 5) is 178. The van der Waals surface area contributed by atoms with Crippen molar-refractivity contribution in [3.63, 3.8) is 0 Å². The molecule has 3 rings (SSSR count). The number of aliphatic hydroxyl groups excluding tert-OH is 1. The van der Waals surface area contributed by atoms with Gasteiger partial charge < -0.3 is 73.2 Å². The number of carboxylic acids is 7. The molecule has 2 aliphatic heterocycles. The molecule has 97 heavy (non-hydrogen) atoms. The number of nitrogens with one attached hydrogen (secondary N) is 5. The average molecular weight is 1380 g/mol. The molecule has 0 radical (unpaired) electrons. The van der Waals surface area contributed by atoms with Gasteiger partial charge in [-0.2, -0.15) is 0 Å². The predicted molar refractivity (Wildman–Crippen MR) is 347 cm³/mol. The van der Waals surface area contributed by atoms with Gasteiger partial charge in [0.1, 0.15) is 24.2 Å². The first-order chi connectivity index (χ1) is 45.8. The number of aliphatic hydroxyl groups is 1. The van der Waals surface area contributed by atoms with E-state index < -0.39 is 154 Å². The Balaban J connectivity index is 1.91. The van der Waals surface area contributed by atoms with Crippen molar-refractivity contribution in [3.05, 3.63) is 47.7 Å². The molecule has 35 nitrogen and oxygen atoms in total. The van der Waals surface area contributed by atoms with Gasteiger partial charge in [-0.3, -0.25) is 102 Å². The van der Waals surface area contributed by atoms with E-state index >= 15 is 0 Å². The SMILES string of the molecule is C=C(O)CN1CCN(CC(=O)O)CCN(C(CCC(=O)NC(CNC(=O)CCC(C(=O)O)N2CCN(CC(=O)O)CCN(CC(=O)O)CCN(CC(=O)O)CC2)C(=O)NCc2ccc(CNC(=O)[C@H](CCC(N)=O)NC(=O)[C@@H](C)C(C)CC)cc2)C(=O)O)CCN(CC(=O)O)CC1. The van der Waals surface area contributed by atoms with E-state index in [0.29, 0.717) is 11.1 Å². The number of nitrogens with two attached hydrogens (primary N) is 1. The van der Waals surface area contributed by atoms with Crippen LogP contribution in [0, 0.1) is 11.8 Å². The number of amides is 6. The van der Waals surface area contributed by atoms with Crippen LogP contribution in [0.4, 0.5) is 0 Å². The number of nitrogens with zero attached hydrogens (tertiary/aromatic N) is 8. The number of carboxylic acid groups (broad SMARTS) is 7. The molecular formula is C62H100N14O21. The van der Waals surface area contributed by atoms with Gasteiger partial charge in [-0.1, -0.05) is 58.0 Å². The number of primary amides is 1. The van der Waals surface area contributed by atoms with E-state index in [0.717, 1.165) is 6.42 Å². The summed E-state index contributed by atoms with van der Waals surface area (Å²) in [5.41, 5.74) is 6.48. The van der Waals surface area contributed by atoms with Crippen LogP contribution in [0.2, 0.25) is 0 Å². The number of aliphatic carboxylic acids is 7. The summed E-state index contributed by atoms with van der Waals surface area (Å²) in [6.07, 6.45) is -1.22. The highest BCUT2D eigenvalue weighted by atomic mass is 16.4. The van der Waals surface area contributed by atoms with E-state index in [-0.39, 0.29) is 168 Å². The van der Waals surface area contributed by atoms with Crippen molar-refractivity contribution in [2.45, 2.75) is 103 Å². The highest BCUT2D eigenvalue weighted by molar-refractivity contribution is 5.90. The molecule has 15 N–H and O–H groups in total. The molecule has 0 spiro atoms. The first kappa shape index (κ1) is 82.8. The molecule has 0 aromatic heterocycles. The van der Waals surface area contributed by atoms with Crippen LogP contribution in [-0.4, -0.2) is 332 Å². The van der Waals surface area contributed by atoms with E-state index in [1.807, 2.05) is 13.8 Å². The number of carbonyl (C=O) groups excluding carboxylic acids is 6. The molecule has 35 heteroatoms. The standard InChI is InChI=1S/C62H100N14O21/c1-5-41(2)43(4)58(91)68-46(10-13-50(63)78)59(92)65-32-44-6-8-45(9-7-44)33-66-60(93)47(67-52(80)15-12-49(62(96)97)76-30-24-71(37-54(83)84)18-16-69(35-42(3)77)17-19-72(25-31-76)38-55(85)86)34-64-51(79)14-11-48(61(94)95)75-28-26-73(39-56(87)88)22-20-70(36-53(81)82)21-23-74(27-29-75)40-57(89)90/h6-9,41,43,46-49,77H,3,5,10-40H2,1-2,4H3,(H2,63,78)(H,64,79)(H,65,92)(H,66,93)(H,67,80)(H,68,91)(H,81,82)(H,83,84)(H,85,86)(H,87,88)(H,89,90)(H,94,95)(H,96,97)/t41?,43-,46-,47?,48?,49?/m0/s1. The minimum absolute atomic E-state index is 0.00339. The second-order valence-corrected chi connectivity index (χ2v) is 24.5. The van der Waals surface area contributed by atoms with Gasteiger partial charge in [-0.25, -0.2) is 0 Å². The van der Waals surface area contributed by atoms with Gasteiger partial charge in [0, 0.05) is 150 Å². The molecule has 1 aromatic rings. The fourth-order valence-electron chi connectivity index (χ4n) is 11.0. The molecule has 6 amide bonds. The summed E-state index contributed by atoms with van der Waals surface area (Å²) < 4.78 is 0. The molecular weight excluding hydrogens is 1280 g/mol. The van der Waals surface area contributed by atoms with E-state index in [9.17, 15) is 103 Å². The van der Waals surface area contributed by atoms with E-state index in [1.165, 1.54) is 24.5 Å². The van der Waals surface area contributed by atoms with E-state index in [4.69, 9.17) is 5.73 Å². The Hall–Kier alpha value is -8.45. The van der Waals surface area contributed by atoms with Gasteiger partial charge in [-0.15, -0.1) is 0 Å². The molecule has 2 fully saturated rings. The fourth-order valence-corrected chi connectivity index (χ4v) is 11.0. The Labute approximate surface area is 563 Å². The van der Waals surface area contributed by atoms with Gasteiger partial charge >= 0.3 is 41.8 Å². The zero-order chi connectivity index (χ0) is 72.3. The second-order valence-electron chi connectivity index (χ2n) is 24.5. The van der Waals surface area contributed by atoms with Crippen LogP contribution in [0.1, 0.15) is 76.8 Å². The van der Waals surface area contributed by atoms with Crippen LogP contribution in [0.25, 0.3) is 0 Å². The van der Waals surface area contributed by atoms with Crippen LogP contribution in [0.5, 0.6) is 0 Å². The number of benzene rings is 1. The highest BCUT2D eigenvalue weighted by Gasteiger charge is 2.33. The summed E-state index contributed by atoms with van der Waals surface area (Å²) in [7, 11) is 0. The van der Waals surface area contributed by atoms with Crippen molar-refractivity contribution in [3.8, 4) is 0 Å². The van der Waals surface area contributed by atoms with Gasteiger partial charge in [0.05, 0.1) is 45.0 Å². The van der Waals surface area contributed by atoms with Crippen molar-refractivity contribution in [2.24, 2.45) is 17.6 Å². The molecule has 2 aliphatic rings. The van der Waals surface area contributed by atoms with Crippen molar-refractivity contribution < 1.29 is 103 Å². The molecule has 0 bridgehead atoms. The number of hydrogen-bond acceptors (Lipinski definition) is 22. The minimum Gasteiger partial charge on any atom is -0.512 e. The Morgan fingerprint density at radius 3 is 1.08 bits per heavy atom. The maximum atomic E-state index is 14.2. The largest absolute Gasteiger partial charge is 0.512 e. The molecule has 0 aliphatic carbocycles. The molecule has 6 atom stereocenters. The second kappa shape index (κ2) is 43.7. The average Bonchev–Trinajstić information content (AvgIpc) is 3.45. The molecule has 544 valence electrons. The van der Waals surface area contributed by atoms with Crippen LogP contribution in [-0.2, 0) is 75.4 Å². The minimum atomic E-state index is -1.55.